The fourth-order valence-corrected chi connectivity index (χ4v) is 3.06. The smallest absolute Gasteiger partial charge is 0.182 e. The molecule has 3 heteroatoms. The van der Waals surface area contributed by atoms with Crippen LogP contribution in [0.15, 0.2) is 53.5 Å². The molecule has 0 spiro atoms. The number of rotatable bonds is 4. The monoisotopic (exact) mass is 320 g/mol. The maximum Gasteiger partial charge on any atom is 0.182 e. The maximum absolute atomic E-state index is 12.8. The average molecular weight is 320 g/mol. The molecule has 1 heterocycles. The van der Waals surface area contributed by atoms with E-state index in [9.17, 15) is 4.79 Å². The average Bonchev–Trinajstić information content (AvgIpc) is 2.61. The standard InChI is InChI=1S/C21H24N2O/c1-16-10-12-18(13-11-16)20(24)15-23(21-9-5-6-14-22-21)19-8-4-3-7-17(19)2/h3-4,7-8,10-13H,5-6,9,14-15H2,1-2H3. The third-order valence-corrected chi connectivity index (χ3v) is 4.50. The molecule has 3 nitrogen and oxygen atoms in total. The lowest BCUT2D eigenvalue weighted by Gasteiger charge is -2.29. The molecule has 0 unspecified atom stereocenters. The van der Waals surface area contributed by atoms with E-state index in [1.807, 2.05) is 43.3 Å². The van der Waals surface area contributed by atoms with Gasteiger partial charge >= 0.3 is 0 Å². The number of para-hydroxylation sites is 1. The molecule has 3 rings (SSSR count). The second kappa shape index (κ2) is 7.43. The Balaban J connectivity index is 1.90. The first-order valence-electron chi connectivity index (χ1n) is 8.61. The van der Waals surface area contributed by atoms with Crippen LogP contribution in [0.3, 0.4) is 0 Å². The molecule has 0 aliphatic carbocycles. The van der Waals surface area contributed by atoms with E-state index in [2.05, 4.69) is 24.0 Å². The van der Waals surface area contributed by atoms with E-state index in [1.165, 1.54) is 11.1 Å². The van der Waals surface area contributed by atoms with Gasteiger partial charge < -0.3 is 4.90 Å². The first-order chi connectivity index (χ1) is 11.6. The van der Waals surface area contributed by atoms with Gasteiger partial charge in [-0.15, -0.1) is 0 Å². The van der Waals surface area contributed by atoms with Gasteiger partial charge in [-0.1, -0.05) is 48.0 Å². The molecule has 2 aromatic rings. The van der Waals surface area contributed by atoms with Gasteiger partial charge in [0.1, 0.15) is 5.84 Å². The number of carbonyl (C=O) groups excluding carboxylic acids is 1. The van der Waals surface area contributed by atoms with Gasteiger partial charge in [0.2, 0.25) is 0 Å². The lowest BCUT2D eigenvalue weighted by atomic mass is 10.1. The van der Waals surface area contributed by atoms with Crippen molar-refractivity contribution in [3.8, 4) is 0 Å². The molecule has 124 valence electrons. The summed E-state index contributed by atoms with van der Waals surface area (Å²) in [6, 6.07) is 16.0. The quantitative estimate of drug-likeness (QED) is 0.773. The van der Waals surface area contributed by atoms with E-state index < -0.39 is 0 Å². The predicted molar refractivity (Wildman–Crippen MR) is 100 cm³/mol. The summed E-state index contributed by atoms with van der Waals surface area (Å²) in [5.74, 6) is 1.17. The SMILES string of the molecule is Cc1ccc(C(=O)CN(C2=NCCCC2)c2ccccc2C)cc1. The summed E-state index contributed by atoms with van der Waals surface area (Å²) in [5.41, 5.74) is 4.18. The molecular formula is C21H24N2O. The van der Waals surface area contributed by atoms with Crippen molar-refractivity contribution >= 4 is 17.3 Å². The van der Waals surface area contributed by atoms with Crippen LogP contribution < -0.4 is 4.90 Å². The van der Waals surface area contributed by atoms with Crippen molar-refractivity contribution in [1.29, 1.82) is 0 Å². The van der Waals surface area contributed by atoms with Crippen molar-refractivity contribution in [2.24, 2.45) is 4.99 Å². The molecular weight excluding hydrogens is 296 g/mol. The highest BCUT2D eigenvalue weighted by Crippen LogP contribution is 2.23. The Morgan fingerprint density at radius 1 is 1.04 bits per heavy atom. The number of aryl methyl sites for hydroxylation is 2. The minimum Gasteiger partial charge on any atom is -0.322 e. The van der Waals surface area contributed by atoms with Gasteiger partial charge in [-0.25, -0.2) is 0 Å². The van der Waals surface area contributed by atoms with Gasteiger partial charge in [-0.2, -0.15) is 0 Å². The molecule has 0 atom stereocenters. The van der Waals surface area contributed by atoms with E-state index >= 15 is 0 Å². The Bertz CT molecular complexity index is 747. The Morgan fingerprint density at radius 2 is 1.79 bits per heavy atom. The predicted octanol–water partition coefficient (Wildman–Crippen LogP) is 4.58. The van der Waals surface area contributed by atoms with Gasteiger partial charge in [0, 0.05) is 24.2 Å². The van der Waals surface area contributed by atoms with Crippen molar-refractivity contribution in [1.82, 2.24) is 0 Å². The van der Waals surface area contributed by atoms with E-state index in [0.29, 0.717) is 6.54 Å². The zero-order valence-corrected chi connectivity index (χ0v) is 14.5. The lowest BCUT2D eigenvalue weighted by Crippen LogP contribution is -2.37. The summed E-state index contributed by atoms with van der Waals surface area (Å²) in [5, 5.41) is 0. The Morgan fingerprint density at radius 3 is 2.46 bits per heavy atom. The number of benzene rings is 2. The number of nitrogens with zero attached hydrogens (tertiary/aromatic N) is 2. The number of aliphatic imine (C=N–C) groups is 1. The normalized spacial score (nSPS) is 14.2. The number of ketones is 1. The molecule has 0 aromatic heterocycles. The van der Waals surface area contributed by atoms with Crippen LogP contribution in [-0.4, -0.2) is 24.7 Å². The zero-order chi connectivity index (χ0) is 16.9. The summed E-state index contributed by atoms with van der Waals surface area (Å²) < 4.78 is 0. The van der Waals surface area contributed by atoms with E-state index in [0.717, 1.165) is 42.9 Å². The van der Waals surface area contributed by atoms with E-state index in [-0.39, 0.29) is 5.78 Å². The van der Waals surface area contributed by atoms with Crippen LogP contribution >= 0.6 is 0 Å². The molecule has 0 saturated heterocycles. The van der Waals surface area contributed by atoms with Crippen LogP contribution in [0.1, 0.15) is 40.7 Å². The maximum atomic E-state index is 12.8. The van der Waals surface area contributed by atoms with Crippen molar-refractivity contribution < 1.29 is 4.79 Å². The molecule has 1 aliphatic rings. The molecule has 0 saturated carbocycles. The Hall–Kier alpha value is -2.42. The summed E-state index contributed by atoms with van der Waals surface area (Å²) in [6.45, 7) is 5.32. The highest BCUT2D eigenvalue weighted by molar-refractivity contribution is 6.07. The fourth-order valence-electron chi connectivity index (χ4n) is 3.06. The van der Waals surface area contributed by atoms with Crippen LogP contribution in [-0.2, 0) is 0 Å². The van der Waals surface area contributed by atoms with Crippen LogP contribution in [0, 0.1) is 13.8 Å². The summed E-state index contributed by atoms with van der Waals surface area (Å²) in [6.07, 6.45) is 3.21. The third kappa shape index (κ3) is 3.73. The number of hydrogen-bond donors (Lipinski definition) is 0. The van der Waals surface area contributed by atoms with E-state index in [1.54, 1.807) is 0 Å². The summed E-state index contributed by atoms with van der Waals surface area (Å²) in [4.78, 5) is 19.6. The van der Waals surface area contributed by atoms with Gasteiger partial charge in [0.15, 0.2) is 5.78 Å². The molecule has 0 radical (unpaired) electrons. The highest BCUT2D eigenvalue weighted by Gasteiger charge is 2.20. The third-order valence-electron chi connectivity index (χ3n) is 4.50. The van der Waals surface area contributed by atoms with Crippen LogP contribution in [0.25, 0.3) is 0 Å². The van der Waals surface area contributed by atoms with Crippen molar-refractivity contribution in [3.63, 3.8) is 0 Å². The number of anilines is 1. The minimum absolute atomic E-state index is 0.131. The number of hydrogen-bond acceptors (Lipinski definition) is 3. The largest absolute Gasteiger partial charge is 0.322 e. The molecule has 0 amide bonds. The highest BCUT2D eigenvalue weighted by atomic mass is 16.1. The van der Waals surface area contributed by atoms with Gasteiger partial charge in [-0.3, -0.25) is 9.79 Å². The number of carbonyl (C=O) groups is 1. The topological polar surface area (TPSA) is 32.7 Å². The second-order valence-electron chi connectivity index (χ2n) is 6.42. The lowest BCUT2D eigenvalue weighted by molar-refractivity contribution is 0.100. The molecule has 24 heavy (non-hydrogen) atoms. The number of amidine groups is 1. The Kier molecular flexibility index (Phi) is 5.09. The van der Waals surface area contributed by atoms with Crippen LogP contribution in [0.4, 0.5) is 5.69 Å². The first-order valence-corrected chi connectivity index (χ1v) is 8.61. The summed E-state index contributed by atoms with van der Waals surface area (Å²) >= 11 is 0. The minimum atomic E-state index is 0.131. The molecule has 1 aliphatic heterocycles. The van der Waals surface area contributed by atoms with Gasteiger partial charge in [0.25, 0.3) is 0 Å². The van der Waals surface area contributed by atoms with Crippen LogP contribution in [0.2, 0.25) is 0 Å². The van der Waals surface area contributed by atoms with Crippen molar-refractivity contribution in [3.05, 3.63) is 65.2 Å². The molecule has 0 bridgehead atoms. The zero-order valence-electron chi connectivity index (χ0n) is 14.5. The van der Waals surface area contributed by atoms with Crippen molar-refractivity contribution in [2.45, 2.75) is 33.1 Å². The van der Waals surface area contributed by atoms with Gasteiger partial charge in [-0.05, 0) is 38.3 Å². The van der Waals surface area contributed by atoms with Crippen molar-refractivity contribution in [2.75, 3.05) is 18.0 Å². The summed E-state index contributed by atoms with van der Waals surface area (Å²) in [7, 11) is 0. The Labute approximate surface area is 144 Å². The van der Waals surface area contributed by atoms with Gasteiger partial charge in [0.05, 0.1) is 6.54 Å². The van der Waals surface area contributed by atoms with E-state index in [4.69, 9.17) is 4.99 Å². The first kappa shape index (κ1) is 16.4. The molecule has 0 fully saturated rings. The number of Topliss-reactive ketones (excluding diaryl/α,β-unsaturated/α-hetero) is 1. The second-order valence-corrected chi connectivity index (χ2v) is 6.42. The van der Waals surface area contributed by atoms with Crippen LogP contribution in [0.5, 0.6) is 0 Å². The molecule has 0 N–H and O–H groups in total. The fraction of sp³-hybridized carbons (Fsp3) is 0.333. The molecule has 2 aromatic carbocycles.